The van der Waals surface area contributed by atoms with Gasteiger partial charge in [0.2, 0.25) is 0 Å². The lowest BCUT2D eigenvalue weighted by Crippen LogP contribution is -2.52. The van der Waals surface area contributed by atoms with Gasteiger partial charge in [0, 0.05) is 69.8 Å². The standard InChI is InChI=1S/C23H31ClN6O/c1-18-17-30(12-13-31-18)22-7-6-19(15-26-22)16-27-23(25-2)29-10-8-28(9-11-29)21-5-3-4-20(24)14-21/h3-7,14-15,18H,8-13,16-17H2,1-2H3,(H,25,27). The summed E-state index contributed by atoms with van der Waals surface area (Å²) in [5.41, 5.74) is 2.32. The van der Waals surface area contributed by atoms with Gasteiger partial charge in [-0.25, -0.2) is 4.98 Å². The second kappa shape index (κ2) is 10.2. The van der Waals surface area contributed by atoms with Crippen LogP contribution in [0.3, 0.4) is 0 Å². The number of aromatic nitrogens is 1. The van der Waals surface area contributed by atoms with E-state index < -0.39 is 0 Å². The lowest BCUT2D eigenvalue weighted by molar-refractivity contribution is 0.0529. The number of benzene rings is 1. The summed E-state index contributed by atoms with van der Waals surface area (Å²) in [6, 6.07) is 12.3. The molecule has 1 N–H and O–H groups in total. The molecular weight excluding hydrogens is 412 g/mol. The fourth-order valence-corrected chi connectivity index (χ4v) is 4.28. The Labute approximate surface area is 189 Å². The van der Waals surface area contributed by atoms with Gasteiger partial charge in [-0.2, -0.15) is 0 Å². The number of guanidine groups is 1. The van der Waals surface area contributed by atoms with Gasteiger partial charge in [0.25, 0.3) is 0 Å². The number of morpholine rings is 1. The third-order valence-electron chi connectivity index (χ3n) is 5.79. The zero-order chi connectivity index (χ0) is 21.6. The molecular formula is C23H31ClN6O. The maximum Gasteiger partial charge on any atom is 0.194 e. The first-order valence-corrected chi connectivity index (χ1v) is 11.3. The van der Waals surface area contributed by atoms with Crippen molar-refractivity contribution in [2.75, 3.05) is 62.7 Å². The molecule has 8 heteroatoms. The molecule has 0 amide bonds. The predicted octanol–water partition coefficient (Wildman–Crippen LogP) is 2.86. The molecule has 2 aliphatic rings. The molecule has 1 unspecified atom stereocenters. The molecule has 3 heterocycles. The molecule has 0 aliphatic carbocycles. The largest absolute Gasteiger partial charge is 0.375 e. The van der Waals surface area contributed by atoms with Crippen LogP contribution in [0.5, 0.6) is 0 Å². The number of ether oxygens (including phenoxy) is 1. The Bertz CT molecular complexity index is 882. The van der Waals surface area contributed by atoms with E-state index in [4.69, 9.17) is 16.3 Å². The van der Waals surface area contributed by atoms with Crippen molar-refractivity contribution < 1.29 is 4.74 Å². The summed E-state index contributed by atoms with van der Waals surface area (Å²) in [6.45, 7) is 9.05. The number of nitrogens with zero attached hydrogens (tertiary/aromatic N) is 5. The zero-order valence-electron chi connectivity index (χ0n) is 18.3. The Morgan fingerprint density at radius 1 is 1.16 bits per heavy atom. The van der Waals surface area contributed by atoms with Crippen LogP contribution in [0.1, 0.15) is 12.5 Å². The lowest BCUT2D eigenvalue weighted by atomic mass is 10.2. The van der Waals surface area contributed by atoms with Crippen LogP contribution >= 0.6 is 11.6 Å². The third-order valence-corrected chi connectivity index (χ3v) is 6.02. The minimum Gasteiger partial charge on any atom is -0.375 e. The fourth-order valence-electron chi connectivity index (χ4n) is 4.10. The van der Waals surface area contributed by atoms with Gasteiger partial charge in [-0.1, -0.05) is 23.7 Å². The van der Waals surface area contributed by atoms with Crippen molar-refractivity contribution in [3.05, 3.63) is 53.2 Å². The highest BCUT2D eigenvalue weighted by Crippen LogP contribution is 2.21. The molecule has 1 atom stereocenters. The molecule has 166 valence electrons. The van der Waals surface area contributed by atoms with Crippen molar-refractivity contribution >= 4 is 29.1 Å². The van der Waals surface area contributed by atoms with Gasteiger partial charge >= 0.3 is 0 Å². The summed E-state index contributed by atoms with van der Waals surface area (Å²) < 4.78 is 5.62. The molecule has 0 spiro atoms. The number of nitrogens with one attached hydrogen (secondary N) is 1. The normalized spacial score (nSPS) is 20.2. The van der Waals surface area contributed by atoms with Crippen LogP contribution in [0.4, 0.5) is 11.5 Å². The smallest absolute Gasteiger partial charge is 0.194 e. The van der Waals surface area contributed by atoms with E-state index in [1.54, 1.807) is 0 Å². The first kappa shape index (κ1) is 21.7. The number of hydrogen-bond donors (Lipinski definition) is 1. The van der Waals surface area contributed by atoms with Crippen molar-refractivity contribution in [1.29, 1.82) is 0 Å². The van der Waals surface area contributed by atoms with Crippen molar-refractivity contribution in [2.45, 2.75) is 19.6 Å². The Morgan fingerprint density at radius 2 is 2.00 bits per heavy atom. The van der Waals surface area contributed by atoms with E-state index >= 15 is 0 Å². The summed E-state index contributed by atoms with van der Waals surface area (Å²) in [5, 5.41) is 4.27. The topological polar surface area (TPSA) is 56.2 Å². The van der Waals surface area contributed by atoms with Crippen LogP contribution in [-0.2, 0) is 11.3 Å². The van der Waals surface area contributed by atoms with E-state index in [1.165, 1.54) is 5.69 Å². The highest BCUT2D eigenvalue weighted by atomic mass is 35.5. The Balaban J connectivity index is 1.28. The number of pyridine rings is 1. The number of rotatable bonds is 4. The molecule has 2 fully saturated rings. The molecule has 1 aromatic carbocycles. The van der Waals surface area contributed by atoms with E-state index in [9.17, 15) is 0 Å². The number of aliphatic imine (C=N–C) groups is 1. The number of anilines is 2. The minimum absolute atomic E-state index is 0.250. The Morgan fingerprint density at radius 3 is 2.68 bits per heavy atom. The molecule has 4 rings (SSSR count). The molecule has 7 nitrogen and oxygen atoms in total. The van der Waals surface area contributed by atoms with Crippen LogP contribution in [0, 0.1) is 0 Å². The quantitative estimate of drug-likeness (QED) is 0.580. The molecule has 0 saturated carbocycles. The Kier molecular flexibility index (Phi) is 7.14. The molecule has 2 saturated heterocycles. The average Bonchev–Trinajstić information content (AvgIpc) is 2.80. The second-order valence-electron chi connectivity index (χ2n) is 8.01. The van der Waals surface area contributed by atoms with Gasteiger partial charge in [0.15, 0.2) is 5.96 Å². The van der Waals surface area contributed by atoms with Gasteiger partial charge in [0.05, 0.1) is 12.7 Å². The van der Waals surface area contributed by atoms with Gasteiger partial charge in [-0.15, -0.1) is 0 Å². The molecule has 0 bridgehead atoms. The highest BCUT2D eigenvalue weighted by molar-refractivity contribution is 6.30. The van der Waals surface area contributed by atoms with E-state index in [1.807, 2.05) is 31.4 Å². The van der Waals surface area contributed by atoms with E-state index in [-0.39, 0.29) is 6.10 Å². The van der Waals surface area contributed by atoms with Crippen LogP contribution in [0.2, 0.25) is 5.02 Å². The van der Waals surface area contributed by atoms with E-state index in [0.717, 1.165) is 68.2 Å². The van der Waals surface area contributed by atoms with Gasteiger partial charge in [-0.3, -0.25) is 4.99 Å². The van der Waals surface area contributed by atoms with Crippen LogP contribution in [0.15, 0.2) is 47.6 Å². The minimum atomic E-state index is 0.250. The van der Waals surface area contributed by atoms with Gasteiger partial charge < -0.3 is 24.8 Å². The summed E-state index contributed by atoms with van der Waals surface area (Å²) in [6.07, 6.45) is 2.20. The summed E-state index contributed by atoms with van der Waals surface area (Å²) >= 11 is 6.15. The first-order valence-electron chi connectivity index (χ1n) is 10.9. The second-order valence-corrected chi connectivity index (χ2v) is 8.44. The monoisotopic (exact) mass is 442 g/mol. The maximum atomic E-state index is 6.15. The predicted molar refractivity (Wildman–Crippen MR) is 127 cm³/mol. The maximum absolute atomic E-state index is 6.15. The van der Waals surface area contributed by atoms with Crippen LogP contribution < -0.4 is 15.1 Å². The Hall–Kier alpha value is -2.51. The molecule has 2 aromatic rings. The fraction of sp³-hybridized carbons (Fsp3) is 0.478. The van der Waals surface area contributed by atoms with E-state index in [0.29, 0.717) is 6.54 Å². The highest BCUT2D eigenvalue weighted by Gasteiger charge is 2.20. The molecule has 2 aliphatic heterocycles. The molecule has 31 heavy (non-hydrogen) atoms. The third kappa shape index (κ3) is 5.60. The number of halogens is 1. The zero-order valence-corrected chi connectivity index (χ0v) is 19.1. The van der Waals surface area contributed by atoms with Crippen molar-refractivity contribution in [1.82, 2.24) is 15.2 Å². The molecule has 1 aromatic heterocycles. The van der Waals surface area contributed by atoms with Crippen molar-refractivity contribution in [2.24, 2.45) is 4.99 Å². The summed E-state index contributed by atoms with van der Waals surface area (Å²) in [7, 11) is 1.84. The van der Waals surface area contributed by atoms with Crippen LogP contribution in [0.25, 0.3) is 0 Å². The first-order chi connectivity index (χ1) is 15.1. The lowest BCUT2D eigenvalue weighted by Gasteiger charge is -2.37. The molecule has 0 radical (unpaired) electrons. The van der Waals surface area contributed by atoms with Gasteiger partial charge in [0.1, 0.15) is 5.82 Å². The number of piperazine rings is 1. The van der Waals surface area contributed by atoms with Crippen LogP contribution in [-0.4, -0.2) is 74.9 Å². The number of hydrogen-bond acceptors (Lipinski definition) is 5. The van der Waals surface area contributed by atoms with Gasteiger partial charge in [-0.05, 0) is 36.8 Å². The summed E-state index contributed by atoms with van der Waals surface area (Å²) in [4.78, 5) is 16.1. The average molecular weight is 443 g/mol. The van der Waals surface area contributed by atoms with Crippen molar-refractivity contribution in [3.63, 3.8) is 0 Å². The summed E-state index contributed by atoms with van der Waals surface area (Å²) in [5.74, 6) is 1.94. The van der Waals surface area contributed by atoms with E-state index in [2.05, 4.69) is 55.1 Å². The SMILES string of the molecule is CN=C(NCc1ccc(N2CCOC(C)C2)nc1)N1CCN(c2cccc(Cl)c2)CC1. The van der Waals surface area contributed by atoms with Crippen molar-refractivity contribution in [3.8, 4) is 0 Å².